The van der Waals surface area contributed by atoms with Crippen LogP contribution in [0.4, 0.5) is 0 Å². The van der Waals surface area contributed by atoms with E-state index < -0.39 is 0 Å². The van der Waals surface area contributed by atoms with E-state index in [9.17, 15) is 0 Å². The van der Waals surface area contributed by atoms with Gasteiger partial charge in [-0.05, 0) is 18.9 Å². The second-order valence-electron chi connectivity index (χ2n) is 3.90. The molecule has 13 heavy (non-hydrogen) atoms. The van der Waals surface area contributed by atoms with E-state index in [-0.39, 0.29) is 5.92 Å². The third kappa shape index (κ3) is 3.21. The number of rotatable bonds is 4. The highest BCUT2D eigenvalue weighted by molar-refractivity contribution is 7.80. The molecule has 0 aromatic heterocycles. The number of hydrogen-bond donors (Lipinski definition) is 2. The van der Waals surface area contributed by atoms with Gasteiger partial charge in [-0.2, -0.15) is 0 Å². The first-order chi connectivity index (χ1) is 6.13. The fourth-order valence-corrected chi connectivity index (χ4v) is 1.78. The van der Waals surface area contributed by atoms with Gasteiger partial charge in [-0.3, -0.25) is 0 Å². The summed E-state index contributed by atoms with van der Waals surface area (Å²) in [4.78, 5) is 2.91. The molecule has 2 unspecified atom stereocenters. The second-order valence-corrected chi connectivity index (χ2v) is 4.37. The Morgan fingerprint density at radius 3 is 2.92 bits per heavy atom. The van der Waals surface area contributed by atoms with E-state index in [4.69, 9.17) is 23.1 Å². The molecule has 3 N–H and O–H groups in total. The van der Waals surface area contributed by atoms with E-state index in [1.54, 1.807) is 0 Å². The predicted molar refractivity (Wildman–Crippen MR) is 57.6 cm³/mol. The average molecular weight is 202 g/mol. The monoisotopic (exact) mass is 202 g/mol. The lowest BCUT2D eigenvalue weighted by atomic mass is 10.1. The Hall–Kier alpha value is -0.190. The number of likely N-dealkylation sites (tertiary alicyclic amines) is 1. The second kappa shape index (κ2) is 4.88. The topological polar surface area (TPSA) is 49.5 Å². The zero-order valence-corrected chi connectivity index (χ0v) is 8.89. The van der Waals surface area contributed by atoms with Gasteiger partial charge in [-0.15, -0.1) is 0 Å². The third-order valence-corrected chi connectivity index (χ3v) is 3.05. The summed E-state index contributed by atoms with van der Waals surface area (Å²) in [5, 5.41) is 8.95. The number of hydrogen-bond acceptors (Lipinski definition) is 3. The number of aliphatic hydroxyl groups is 1. The minimum Gasteiger partial charge on any atom is -0.396 e. The minimum atomic E-state index is 0.285. The maximum absolute atomic E-state index is 8.95. The molecular weight excluding hydrogens is 184 g/mol. The van der Waals surface area contributed by atoms with Crippen LogP contribution >= 0.6 is 12.2 Å². The SMILES string of the molecule is CC(CN1CCC(CO)C1)C(N)=S. The molecule has 76 valence electrons. The Balaban J connectivity index is 2.27. The van der Waals surface area contributed by atoms with Gasteiger partial charge in [0.15, 0.2) is 0 Å². The molecule has 1 aliphatic heterocycles. The molecular formula is C9H18N2OS. The summed E-state index contributed by atoms with van der Waals surface area (Å²) < 4.78 is 0. The van der Waals surface area contributed by atoms with Gasteiger partial charge in [-0.25, -0.2) is 0 Å². The molecule has 2 atom stereocenters. The summed E-state index contributed by atoms with van der Waals surface area (Å²) in [6.45, 7) is 5.35. The molecule has 0 bridgehead atoms. The molecule has 0 aliphatic carbocycles. The van der Waals surface area contributed by atoms with Crippen molar-refractivity contribution in [3.05, 3.63) is 0 Å². The summed E-state index contributed by atoms with van der Waals surface area (Å²) in [5.41, 5.74) is 5.54. The molecule has 0 spiro atoms. The van der Waals surface area contributed by atoms with Crippen molar-refractivity contribution in [2.24, 2.45) is 17.6 Å². The largest absolute Gasteiger partial charge is 0.396 e. The van der Waals surface area contributed by atoms with Crippen LogP contribution in [0, 0.1) is 11.8 Å². The first-order valence-corrected chi connectivity index (χ1v) is 5.16. The predicted octanol–water partition coefficient (Wildman–Crippen LogP) is 0.223. The quantitative estimate of drug-likeness (QED) is 0.640. The third-order valence-electron chi connectivity index (χ3n) is 2.65. The smallest absolute Gasteiger partial charge is 0.0768 e. The van der Waals surface area contributed by atoms with Gasteiger partial charge in [0.05, 0.1) is 4.99 Å². The van der Waals surface area contributed by atoms with Crippen LogP contribution in [0.2, 0.25) is 0 Å². The molecule has 0 aromatic rings. The standard InChI is InChI=1S/C9H18N2OS/c1-7(9(10)13)4-11-3-2-8(5-11)6-12/h7-8,12H,2-6H2,1H3,(H2,10,13). The summed E-state index contributed by atoms with van der Waals surface area (Å²) in [6.07, 6.45) is 1.10. The maximum Gasteiger partial charge on any atom is 0.0768 e. The highest BCUT2D eigenvalue weighted by atomic mass is 32.1. The lowest BCUT2D eigenvalue weighted by Gasteiger charge is -2.19. The van der Waals surface area contributed by atoms with Crippen LogP contribution in [-0.4, -0.2) is 41.2 Å². The summed E-state index contributed by atoms with van der Waals surface area (Å²) >= 11 is 4.91. The molecule has 3 nitrogen and oxygen atoms in total. The van der Waals surface area contributed by atoms with Crippen molar-refractivity contribution < 1.29 is 5.11 Å². The molecule has 1 saturated heterocycles. The molecule has 0 radical (unpaired) electrons. The van der Waals surface area contributed by atoms with Crippen LogP contribution in [-0.2, 0) is 0 Å². The van der Waals surface area contributed by atoms with E-state index in [1.165, 1.54) is 0 Å². The van der Waals surface area contributed by atoms with Gasteiger partial charge in [0.2, 0.25) is 0 Å². The van der Waals surface area contributed by atoms with E-state index in [2.05, 4.69) is 11.8 Å². The van der Waals surface area contributed by atoms with Crippen molar-refractivity contribution in [2.75, 3.05) is 26.2 Å². The van der Waals surface area contributed by atoms with Gasteiger partial charge < -0.3 is 15.7 Å². The van der Waals surface area contributed by atoms with E-state index in [0.29, 0.717) is 17.5 Å². The Morgan fingerprint density at radius 2 is 2.46 bits per heavy atom. The average Bonchev–Trinajstić information content (AvgIpc) is 2.52. The summed E-state index contributed by atoms with van der Waals surface area (Å²) in [7, 11) is 0. The number of nitrogens with zero attached hydrogens (tertiary/aromatic N) is 1. The number of nitrogens with two attached hydrogens (primary N) is 1. The zero-order valence-electron chi connectivity index (χ0n) is 8.07. The van der Waals surface area contributed by atoms with Crippen LogP contribution in [0.15, 0.2) is 0 Å². The lowest BCUT2D eigenvalue weighted by Crippen LogP contribution is -2.32. The van der Waals surface area contributed by atoms with Gasteiger partial charge >= 0.3 is 0 Å². The van der Waals surface area contributed by atoms with Crippen LogP contribution in [0.3, 0.4) is 0 Å². The molecule has 0 amide bonds. The van der Waals surface area contributed by atoms with Crippen molar-refractivity contribution >= 4 is 17.2 Å². The number of thiocarbonyl (C=S) groups is 1. The van der Waals surface area contributed by atoms with E-state index in [0.717, 1.165) is 26.1 Å². The Kier molecular flexibility index (Phi) is 4.09. The highest BCUT2D eigenvalue weighted by Gasteiger charge is 2.23. The van der Waals surface area contributed by atoms with Crippen molar-refractivity contribution in [3.8, 4) is 0 Å². The summed E-state index contributed by atoms with van der Waals surface area (Å²) in [5.74, 6) is 0.742. The fourth-order valence-electron chi connectivity index (χ4n) is 1.70. The van der Waals surface area contributed by atoms with E-state index >= 15 is 0 Å². The first-order valence-electron chi connectivity index (χ1n) is 4.76. The molecule has 1 rings (SSSR count). The molecule has 1 aliphatic rings. The molecule has 1 fully saturated rings. The van der Waals surface area contributed by atoms with Crippen molar-refractivity contribution in [1.82, 2.24) is 4.90 Å². The molecule has 1 heterocycles. The van der Waals surface area contributed by atoms with Crippen LogP contribution < -0.4 is 5.73 Å². The Bertz CT molecular complexity index is 186. The molecule has 4 heteroatoms. The van der Waals surface area contributed by atoms with Gasteiger partial charge in [0.25, 0.3) is 0 Å². The fraction of sp³-hybridized carbons (Fsp3) is 0.889. The normalized spacial score (nSPS) is 26.2. The van der Waals surface area contributed by atoms with Crippen LogP contribution in [0.5, 0.6) is 0 Å². The minimum absolute atomic E-state index is 0.285. The van der Waals surface area contributed by atoms with Crippen molar-refractivity contribution in [1.29, 1.82) is 0 Å². The maximum atomic E-state index is 8.95. The first kappa shape index (κ1) is 10.9. The van der Waals surface area contributed by atoms with Crippen molar-refractivity contribution in [2.45, 2.75) is 13.3 Å². The Labute approximate surface area is 84.9 Å². The van der Waals surface area contributed by atoms with Crippen LogP contribution in [0.1, 0.15) is 13.3 Å². The molecule has 0 saturated carbocycles. The van der Waals surface area contributed by atoms with Gasteiger partial charge in [0, 0.05) is 25.6 Å². The summed E-state index contributed by atoms with van der Waals surface area (Å²) in [6, 6.07) is 0. The lowest BCUT2D eigenvalue weighted by molar-refractivity contribution is 0.219. The van der Waals surface area contributed by atoms with Crippen LogP contribution in [0.25, 0.3) is 0 Å². The highest BCUT2D eigenvalue weighted by Crippen LogP contribution is 2.16. The van der Waals surface area contributed by atoms with Gasteiger partial charge in [0.1, 0.15) is 0 Å². The Morgan fingerprint density at radius 1 is 1.77 bits per heavy atom. The van der Waals surface area contributed by atoms with Gasteiger partial charge in [-0.1, -0.05) is 19.1 Å². The zero-order chi connectivity index (χ0) is 9.84. The van der Waals surface area contributed by atoms with Crippen molar-refractivity contribution in [3.63, 3.8) is 0 Å². The molecule has 0 aromatic carbocycles. The van der Waals surface area contributed by atoms with E-state index in [1.807, 2.05) is 0 Å². The number of aliphatic hydroxyl groups excluding tert-OH is 1.